The minimum absolute atomic E-state index is 0. The van der Waals surface area contributed by atoms with Crippen LogP contribution in [-0.2, 0) is 26.2 Å². The summed E-state index contributed by atoms with van der Waals surface area (Å²) in [6.45, 7) is 4.61. The largest absolute Gasteiger partial charge is 2.00 e. The van der Waals surface area contributed by atoms with Crippen LogP contribution in [0.5, 0.6) is 0 Å². The van der Waals surface area contributed by atoms with E-state index in [0.29, 0.717) is 0 Å². The van der Waals surface area contributed by atoms with Crippen LogP contribution >= 0.6 is 0 Å². The van der Waals surface area contributed by atoms with Crippen molar-refractivity contribution in [3.63, 3.8) is 0 Å². The van der Waals surface area contributed by atoms with Crippen molar-refractivity contribution in [3.05, 3.63) is 60.4 Å². The number of allylic oxidation sites excluding steroid dienone is 8. The van der Waals surface area contributed by atoms with Crippen molar-refractivity contribution >= 4 is 0 Å². The van der Waals surface area contributed by atoms with E-state index in [2.05, 4.69) is 63.1 Å². The molecule has 4 rings (SSSR count). The van der Waals surface area contributed by atoms with Crippen molar-refractivity contribution < 1.29 is 26.2 Å². The van der Waals surface area contributed by atoms with Crippen molar-refractivity contribution in [2.45, 2.75) is 39.5 Å². The normalized spacial score (nSPS) is 35.0. The third-order valence-electron chi connectivity index (χ3n) is 4.90. The average molecular weight is 358 g/mol. The zero-order valence-electron chi connectivity index (χ0n) is 13.3. The molecule has 2 saturated carbocycles. The number of hydrogen-bond acceptors (Lipinski definition) is 0. The molecule has 110 valence electrons. The second-order valence-corrected chi connectivity index (χ2v) is 6.81. The SMILES string of the molecule is CC1[CH-]C2=CC=CCC2C1.CC1[CH-]C2=CC=CCC2C1.[Zr+2]. The Balaban J connectivity index is 0.000000147. The number of fused-ring (bicyclic) bond motifs is 2. The second-order valence-electron chi connectivity index (χ2n) is 6.81. The Bertz CT molecular complexity index is 422. The summed E-state index contributed by atoms with van der Waals surface area (Å²) < 4.78 is 0. The van der Waals surface area contributed by atoms with Crippen molar-refractivity contribution in [3.8, 4) is 0 Å². The minimum Gasteiger partial charge on any atom is -0.224 e. The summed E-state index contributed by atoms with van der Waals surface area (Å²) in [5.41, 5.74) is 3.16. The molecule has 0 aliphatic heterocycles. The standard InChI is InChI=1S/2C10H13.Zr/c2*1-8-6-9-4-2-3-5-10(9)7-8;/h2*2-4,6,8,10H,5,7H2,1H3;/q2*-1;+2. The fourth-order valence-electron chi connectivity index (χ4n) is 3.93. The van der Waals surface area contributed by atoms with E-state index in [9.17, 15) is 0 Å². The van der Waals surface area contributed by atoms with Crippen LogP contribution in [0.25, 0.3) is 0 Å². The van der Waals surface area contributed by atoms with Gasteiger partial charge in [0.25, 0.3) is 0 Å². The predicted octanol–water partition coefficient (Wildman–Crippen LogP) is 5.46. The van der Waals surface area contributed by atoms with Gasteiger partial charge in [-0.2, -0.15) is 0 Å². The van der Waals surface area contributed by atoms with Crippen LogP contribution < -0.4 is 0 Å². The van der Waals surface area contributed by atoms with Gasteiger partial charge in [0.1, 0.15) is 0 Å². The van der Waals surface area contributed by atoms with Crippen LogP contribution in [-0.4, -0.2) is 0 Å². The zero-order chi connectivity index (χ0) is 13.9. The van der Waals surface area contributed by atoms with E-state index in [1.807, 2.05) is 0 Å². The Labute approximate surface area is 149 Å². The van der Waals surface area contributed by atoms with Gasteiger partial charge in [-0.15, -0.1) is 24.3 Å². The van der Waals surface area contributed by atoms with Crippen LogP contribution in [0.1, 0.15) is 39.5 Å². The van der Waals surface area contributed by atoms with E-state index in [4.69, 9.17) is 0 Å². The van der Waals surface area contributed by atoms with Gasteiger partial charge in [0.2, 0.25) is 0 Å². The molecule has 0 aromatic heterocycles. The van der Waals surface area contributed by atoms with Gasteiger partial charge in [0.15, 0.2) is 0 Å². The molecule has 0 heterocycles. The van der Waals surface area contributed by atoms with Crippen LogP contribution in [0.2, 0.25) is 0 Å². The molecule has 4 atom stereocenters. The van der Waals surface area contributed by atoms with Crippen LogP contribution in [0.3, 0.4) is 0 Å². The van der Waals surface area contributed by atoms with Gasteiger partial charge in [-0.1, -0.05) is 38.5 Å². The zero-order valence-corrected chi connectivity index (χ0v) is 15.7. The van der Waals surface area contributed by atoms with Gasteiger partial charge >= 0.3 is 26.2 Å². The predicted molar refractivity (Wildman–Crippen MR) is 86.8 cm³/mol. The van der Waals surface area contributed by atoms with Gasteiger partial charge in [-0.05, 0) is 24.7 Å². The molecule has 0 spiro atoms. The topological polar surface area (TPSA) is 0 Å². The van der Waals surface area contributed by atoms with Gasteiger partial charge in [-0.3, -0.25) is 0 Å². The first-order chi connectivity index (χ1) is 9.72. The summed E-state index contributed by atoms with van der Waals surface area (Å²) in [5, 5.41) is 0. The summed E-state index contributed by atoms with van der Waals surface area (Å²) in [7, 11) is 0. The average Bonchev–Trinajstić information content (AvgIpc) is 2.99. The van der Waals surface area contributed by atoms with E-state index >= 15 is 0 Å². The monoisotopic (exact) mass is 356 g/mol. The Morgan fingerprint density at radius 1 is 0.810 bits per heavy atom. The Hall–Kier alpha value is -0.417. The molecule has 0 radical (unpaired) electrons. The van der Waals surface area contributed by atoms with Gasteiger partial charge in [0.05, 0.1) is 0 Å². The van der Waals surface area contributed by atoms with E-state index in [-0.39, 0.29) is 26.2 Å². The molecule has 21 heavy (non-hydrogen) atoms. The molecule has 0 aromatic rings. The fourth-order valence-corrected chi connectivity index (χ4v) is 3.93. The maximum absolute atomic E-state index is 2.41. The summed E-state index contributed by atoms with van der Waals surface area (Å²) >= 11 is 0. The van der Waals surface area contributed by atoms with E-state index in [0.717, 1.165) is 23.7 Å². The molecule has 0 bridgehead atoms. The summed E-state index contributed by atoms with van der Waals surface area (Å²) in [6.07, 6.45) is 23.5. The molecule has 2 fully saturated rings. The molecule has 1 heteroatoms. The van der Waals surface area contributed by atoms with Crippen molar-refractivity contribution in [2.24, 2.45) is 23.7 Å². The molecule has 4 aliphatic carbocycles. The summed E-state index contributed by atoms with van der Waals surface area (Å²) in [6, 6.07) is 0. The first-order valence-electron chi connectivity index (χ1n) is 8.15. The molecule has 4 unspecified atom stereocenters. The minimum atomic E-state index is 0. The van der Waals surface area contributed by atoms with E-state index in [1.54, 1.807) is 11.1 Å². The first-order valence-corrected chi connectivity index (χ1v) is 8.15. The quantitative estimate of drug-likeness (QED) is 0.505. The van der Waals surface area contributed by atoms with Crippen LogP contribution in [0.4, 0.5) is 0 Å². The molecule has 0 amide bonds. The third kappa shape index (κ3) is 4.29. The van der Waals surface area contributed by atoms with E-state index < -0.39 is 0 Å². The summed E-state index contributed by atoms with van der Waals surface area (Å²) in [4.78, 5) is 0. The van der Waals surface area contributed by atoms with Gasteiger partial charge in [0, 0.05) is 0 Å². The Morgan fingerprint density at radius 3 is 1.62 bits per heavy atom. The van der Waals surface area contributed by atoms with E-state index in [1.165, 1.54) is 25.7 Å². The maximum atomic E-state index is 2.41. The fraction of sp³-hybridized carbons (Fsp3) is 0.500. The molecule has 0 aromatic carbocycles. The second kappa shape index (κ2) is 7.73. The molecular weight excluding hydrogens is 331 g/mol. The smallest absolute Gasteiger partial charge is 0.224 e. The van der Waals surface area contributed by atoms with Crippen LogP contribution in [0.15, 0.2) is 47.6 Å². The molecule has 0 saturated heterocycles. The van der Waals surface area contributed by atoms with Gasteiger partial charge in [-0.25, -0.2) is 36.1 Å². The van der Waals surface area contributed by atoms with Crippen LogP contribution in [0, 0.1) is 36.5 Å². The molecular formula is C20H26Zr. The summed E-state index contributed by atoms with van der Waals surface area (Å²) in [5.74, 6) is 3.35. The van der Waals surface area contributed by atoms with Crippen molar-refractivity contribution in [1.82, 2.24) is 0 Å². The number of rotatable bonds is 0. The number of hydrogen-bond donors (Lipinski definition) is 0. The molecule has 4 aliphatic rings. The molecule has 0 N–H and O–H groups in total. The van der Waals surface area contributed by atoms with Gasteiger partial charge < -0.3 is 0 Å². The third-order valence-corrected chi connectivity index (χ3v) is 4.90. The Kier molecular flexibility index (Phi) is 6.24. The first kappa shape index (κ1) is 16.9. The Morgan fingerprint density at radius 2 is 1.24 bits per heavy atom. The van der Waals surface area contributed by atoms with Crippen molar-refractivity contribution in [1.29, 1.82) is 0 Å². The van der Waals surface area contributed by atoms with Crippen molar-refractivity contribution in [2.75, 3.05) is 0 Å². The molecule has 0 nitrogen and oxygen atoms in total. The maximum Gasteiger partial charge on any atom is 2.00 e.